The summed E-state index contributed by atoms with van der Waals surface area (Å²) in [6, 6.07) is 0. The second kappa shape index (κ2) is 11.5. The molecule has 0 aliphatic carbocycles. The number of rotatable bonds is 10. The van der Waals surface area contributed by atoms with Crippen LogP contribution >= 0.6 is 12.4 Å². The predicted molar refractivity (Wildman–Crippen MR) is 82.6 cm³/mol. The van der Waals surface area contributed by atoms with E-state index < -0.39 is 0 Å². The van der Waals surface area contributed by atoms with E-state index >= 15 is 0 Å². The molecule has 116 valence electrons. The van der Waals surface area contributed by atoms with Gasteiger partial charge in [-0.3, -0.25) is 4.79 Å². The third-order valence-corrected chi connectivity index (χ3v) is 2.88. The van der Waals surface area contributed by atoms with E-state index in [1.54, 1.807) is 0 Å². The first kappa shape index (κ1) is 21.0. The monoisotopic (exact) mass is 294 g/mol. The number of nitrogens with two attached hydrogens (primary N) is 1. The largest absolute Gasteiger partial charge is 0.372 e. The number of amides is 1. The average molecular weight is 295 g/mol. The lowest BCUT2D eigenvalue weighted by Crippen LogP contribution is -2.53. The number of hydrogen-bond donors (Lipinski definition) is 2. The first-order chi connectivity index (χ1) is 8.43. The van der Waals surface area contributed by atoms with Crippen molar-refractivity contribution in [1.82, 2.24) is 5.32 Å². The number of nitrogens with one attached hydrogen (secondary N) is 1. The smallest absolute Gasteiger partial charge is 0.246 e. The molecule has 0 spiro atoms. The first-order valence-electron chi connectivity index (χ1n) is 7.02. The van der Waals surface area contributed by atoms with Crippen molar-refractivity contribution in [2.75, 3.05) is 19.8 Å². The molecular weight excluding hydrogens is 264 g/mol. The topological polar surface area (TPSA) is 64.3 Å². The molecule has 3 N–H and O–H groups in total. The van der Waals surface area contributed by atoms with E-state index in [1.807, 2.05) is 6.92 Å². The van der Waals surface area contributed by atoms with Crippen molar-refractivity contribution in [2.45, 2.75) is 58.9 Å². The van der Waals surface area contributed by atoms with Gasteiger partial charge in [-0.25, -0.2) is 0 Å². The quantitative estimate of drug-likeness (QED) is 0.609. The summed E-state index contributed by atoms with van der Waals surface area (Å²) in [5, 5.41) is 2.98. The molecule has 1 amide bonds. The molecule has 0 rings (SSSR count). The standard InChI is InChI=1S/C14H30N2O2.ClH/c1-5-6-7-8-18-10-13(17)16-14(4,11-15)9-12(2)3;/h12H,5-11,15H2,1-4H3,(H,16,17);1H. The normalized spacial score (nSPS) is 13.8. The molecule has 0 saturated carbocycles. The lowest BCUT2D eigenvalue weighted by atomic mass is 9.91. The molecule has 1 unspecified atom stereocenters. The van der Waals surface area contributed by atoms with E-state index in [4.69, 9.17) is 10.5 Å². The molecule has 0 heterocycles. The molecule has 19 heavy (non-hydrogen) atoms. The predicted octanol–water partition coefficient (Wildman–Crippen LogP) is 2.49. The van der Waals surface area contributed by atoms with Crippen molar-refractivity contribution in [2.24, 2.45) is 11.7 Å². The molecule has 0 aliphatic heterocycles. The van der Waals surface area contributed by atoms with E-state index in [-0.39, 0.29) is 30.5 Å². The van der Waals surface area contributed by atoms with Crippen molar-refractivity contribution >= 4 is 18.3 Å². The van der Waals surface area contributed by atoms with Crippen LogP contribution in [-0.4, -0.2) is 31.2 Å². The van der Waals surface area contributed by atoms with Crippen LogP contribution in [0.15, 0.2) is 0 Å². The number of carbonyl (C=O) groups is 1. The van der Waals surface area contributed by atoms with Gasteiger partial charge in [0, 0.05) is 18.7 Å². The van der Waals surface area contributed by atoms with Crippen molar-refractivity contribution < 1.29 is 9.53 Å². The van der Waals surface area contributed by atoms with E-state index in [1.165, 1.54) is 0 Å². The van der Waals surface area contributed by atoms with Gasteiger partial charge in [0.15, 0.2) is 0 Å². The summed E-state index contributed by atoms with van der Waals surface area (Å²) in [6.07, 6.45) is 4.21. The highest BCUT2D eigenvalue weighted by atomic mass is 35.5. The van der Waals surface area contributed by atoms with Gasteiger partial charge in [-0.15, -0.1) is 12.4 Å². The van der Waals surface area contributed by atoms with Crippen LogP contribution in [0.2, 0.25) is 0 Å². The fourth-order valence-corrected chi connectivity index (χ4v) is 2.08. The zero-order valence-electron chi connectivity index (χ0n) is 12.8. The zero-order chi connectivity index (χ0) is 14.0. The Balaban J connectivity index is 0. The van der Waals surface area contributed by atoms with Crippen molar-refractivity contribution in [3.05, 3.63) is 0 Å². The maximum atomic E-state index is 11.7. The first-order valence-corrected chi connectivity index (χ1v) is 7.02. The Morgan fingerprint density at radius 3 is 2.47 bits per heavy atom. The van der Waals surface area contributed by atoms with E-state index in [2.05, 4.69) is 26.1 Å². The Morgan fingerprint density at radius 2 is 2.00 bits per heavy atom. The van der Waals surface area contributed by atoms with Gasteiger partial charge in [0.05, 0.1) is 0 Å². The summed E-state index contributed by atoms with van der Waals surface area (Å²) in [4.78, 5) is 11.7. The Hall–Kier alpha value is -0.320. The molecule has 0 fully saturated rings. The van der Waals surface area contributed by atoms with Gasteiger partial charge in [0.25, 0.3) is 0 Å². The molecule has 0 aliphatic rings. The van der Waals surface area contributed by atoms with Crippen LogP contribution in [0.4, 0.5) is 0 Å². The summed E-state index contributed by atoms with van der Waals surface area (Å²) in [5.41, 5.74) is 5.42. The van der Waals surface area contributed by atoms with Crippen LogP contribution in [0.3, 0.4) is 0 Å². The average Bonchev–Trinajstić information content (AvgIpc) is 2.27. The molecule has 1 atom stereocenters. The van der Waals surface area contributed by atoms with Crippen LogP contribution in [0, 0.1) is 5.92 Å². The minimum Gasteiger partial charge on any atom is -0.372 e. The van der Waals surface area contributed by atoms with Gasteiger partial charge in [0.1, 0.15) is 6.61 Å². The van der Waals surface area contributed by atoms with Gasteiger partial charge in [-0.2, -0.15) is 0 Å². The minimum absolute atomic E-state index is 0. The third-order valence-electron chi connectivity index (χ3n) is 2.88. The fraction of sp³-hybridized carbons (Fsp3) is 0.929. The van der Waals surface area contributed by atoms with Crippen LogP contribution in [-0.2, 0) is 9.53 Å². The Morgan fingerprint density at radius 1 is 1.37 bits per heavy atom. The molecule has 5 heteroatoms. The van der Waals surface area contributed by atoms with Gasteiger partial charge < -0.3 is 15.8 Å². The molecule has 0 aromatic heterocycles. The van der Waals surface area contributed by atoms with Crippen LogP contribution in [0.5, 0.6) is 0 Å². The Bertz CT molecular complexity index is 237. The highest BCUT2D eigenvalue weighted by Gasteiger charge is 2.25. The highest BCUT2D eigenvalue weighted by molar-refractivity contribution is 5.85. The maximum Gasteiger partial charge on any atom is 0.246 e. The number of carbonyl (C=O) groups excluding carboxylic acids is 1. The minimum atomic E-state index is -0.321. The second-order valence-corrected chi connectivity index (χ2v) is 5.67. The highest BCUT2D eigenvalue weighted by Crippen LogP contribution is 2.14. The molecule has 0 saturated heterocycles. The molecular formula is C14H31ClN2O2. The maximum absolute atomic E-state index is 11.7. The molecule has 0 aromatic carbocycles. The van der Waals surface area contributed by atoms with Gasteiger partial charge in [-0.05, 0) is 25.7 Å². The third kappa shape index (κ3) is 11.2. The lowest BCUT2D eigenvalue weighted by molar-refractivity contribution is -0.127. The summed E-state index contributed by atoms with van der Waals surface area (Å²) in [7, 11) is 0. The SMILES string of the molecule is CCCCCOCC(=O)NC(C)(CN)CC(C)C.Cl. The van der Waals surface area contributed by atoms with Gasteiger partial charge in [-0.1, -0.05) is 33.6 Å². The summed E-state index contributed by atoms with van der Waals surface area (Å²) < 4.78 is 5.34. The number of halogens is 1. The summed E-state index contributed by atoms with van der Waals surface area (Å²) in [5.74, 6) is 0.435. The summed E-state index contributed by atoms with van der Waals surface area (Å²) in [6.45, 7) is 9.63. The van der Waals surface area contributed by atoms with Crippen molar-refractivity contribution in [1.29, 1.82) is 0 Å². The molecule has 0 aromatic rings. The lowest BCUT2D eigenvalue weighted by Gasteiger charge is -2.31. The Labute approximate surface area is 124 Å². The molecule has 0 bridgehead atoms. The number of ether oxygens (including phenoxy) is 1. The van der Waals surface area contributed by atoms with Crippen LogP contribution < -0.4 is 11.1 Å². The van der Waals surface area contributed by atoms with Gasteiger partial charge in [0.2, 0.25) is 5.91 Å². The van der Waals surface area contributed by atoms with Crippen molar-refractivity contribution in [3.8, 4) is 0 Å². The van der Waals surface area contributed by atoms with E-state index in [0.717, 1.165) is 25.7 Å². The molecule has 4 nitrogen and oxygen atoms in total. The van der Waals surface area contributed by atoms with Crippen molar-refractivity contribution in [3.63, 3.8) is 0 Å². The summed E-state index contributed by atoms with van der Waals surface area (Å²) >= 11 is 0. The second-order valence-electron chi connectivity index (χ2n) is 5.67. The van der Waals surface area contributed by atoms with Gasteiger partial charge >= 0.3 is 0 Å². The van der Waals surface area contributed by atoms with Crippen LogP contribution in [0.25, 0.3) is 0 Å². The number of unbranched alkanes of at least 4 members (excludes halogenated alkanes) is 2. The zero-order valence-corrected chi connectivity index (χ0v) is 13.6. The van der Waals surface area contributed by atoms with E-state index in [9.17, 15) is 4.79 Å². The van der Waals surface area contributed by atoms with E-state index in [0.29, 0.717) is 19.1 Å². The Kier molecular flexibility index (Phi) is 12.7. The number of hydrogen-bond acceptors (Lipinski definition) is 3. The molecule has 0 radical (unpaired) electrons. The fourth-order valence-electron chi connectivity index (χ4n) is 2.08. The van der Waals surface area contributed by atoms with Crippen LogP contribution in [0.1, 0.15) is 53.4 Å².